The minimum atomic E-state index is 0.0338. The van der Waals surface area contributed by atoms with Crippen LogP contribution in [0.25, 0.3) is 10.9 Å². The van der Waals surface area contributed by atoms with Gasteiger partial charge < -0.3 is 14.5 Å². The number of pyridine rings is 1. The molecule has 2 aromatic carbocycles. The molecule has 0 spiro atoms. The SMILES string of the molecule is Cc1cc(C)cc(OCC(=O)N2CCN(c3cc(C)c4ccccc4n3)CC2)c1. The third-order valence-electron chi connectivity index (χ3n) is 5.42. The normalized spacial score (nSPS) is 14.3. The molecule has 3 aromatic rings. The van der Waals surface area contributed by atoms with Crippen LogP contribution in [0.15, 0.2) is 48.5 Å². The highest BCUT2D eigenvalue weighted by Gasteiger charge is 2.22. The first-order valence-electron chi connectivity index (χ1n) is 10.1. The number of ether oxygens (including phenoxy) is 1. The second kappa shape index (κ2) is 8.11. The maximum Gasteiger partial charge on any atom is 0.260 e. The van der Waals surface area contributed by atoms with Gasteiger partial charge in [0.05, 0.1) is 5.52 Å². The van der Waals surface area contributed by atoms with E-state index in [0.29, 0.717) is 13.1 Å². The van der Waals surface area contributed by atoms with Gasteiger partial charge in [0.15, 0.2) is 6.61 Å². The zero-order valence-electron chi connectivity index (χ0n) is 17.3. The molecule has 0 N–H and O–H groups in total. The van der Waals surface area contributed by atoms with Gasteiger partial charge in [0.1, 0.15) is 11.6 Å². The summed E-state index contributed by atoms with van der Waals surface area (Å²) in [6, 6.07) is 16.4. The predicted octanol–water partition coefficient (Wildman–Crippen LogP) is 3.89. The minimum absolute atomic E-state index is 0.0338. The number of carbonyl (C=O) groups is 1. The maximum atomic E-state index is 12.6. The van der Waals surface area contributed by atoms with Gasteiger partial charge in [0.2, 0.25) is 0 Å². The Kier molecular flexibility index (Phi) is 5.38. The van der Waals surface area contributed by atoms with Gasteiger partial charge in [-0.2, -0.15) is 0 Å². The lowest BCUT2D eigenvalue weighted by molar-refractivity contribution is -0.133. The number of amides is 1. The molecule has 4 rings (SSSR count). The lowest BCUT2D eigenvalue weighted by Crippen LogP contribution is -2.50. The summed E-state index contributed by atoms with van der Waals surface area (Å²) in [5, 5.41) is 1.19. The molecular formula is C24H27N3O2. The number of piperazine rings is 1. The molecule has 1 aliphatic heterocycles. The molecule has 0 unspecified atom stereocenters. The molecule has 0 radical (unpaired) electrons. The lowest BCUT2D eigenvalue weighted by atomic mass is 10.1. The van der Waals surface area contributed by atoms with Crippen molar-refractivity contribution in [1.82, 2.24) is 9.88 Å². The molecule has 1 fully saturated rings. The van der Waals surface area contributed by atoms with Crippen molar-refractivity contribution in [1.29, 1.82) is 0 Å². The highest BCUT2D eigenvalue weighted by Crippen LogP contribution is 2.23. The van der Waals surface area contributed by atoms with Gasteiger partial charge in [0.25, 0.3) is 5.91 Å². The summed E-state index contributed by atoms with van der Waals surface area (Å²) in [5.41, 5.74) is 4.52. The Morgan fingerprint density at radius 3 is 2.38 bits per heavy atom. The molecule has 2 heterocycles. The van der Waals surface area contributed by atoms with Crippen LogP contribution in [0, 0.1) is 20.8 Å². The van der Waals surface area contributed by atoms with E-state index >= 15 is 0 Å². The van der Waals surface area contributed by atoms with E-state index in [-0.39, 0.29) is 12.5 Å². The number of aryl methyl sites for hydroxylation is 3. The molecule has 1 aromatic heterocycles. The Balaban J connectivity index is 1.36. The van der Waals surface area contributed by atoms with Crippen LogP contribution in [0.5, 0.6) is 5.75 Å². The van der Waals surface area contributed by atoms with Crippen molar-refractivity contribution in [2.75, 3.05) is 37.7 Å². The van der Waals surface area contributed by atoms with Gasteiger partial charge in [0, 0.05) is 31.6 Å². The fourth-order valence-electron chi connectivity index (χ4n) is 3.93. The highest BCUT2D eigenvalue weighted by molar-refractivity contribution is 5.84. The number of benzene rings is 2. The largest absolute Gasteiger partial charge is 0.484 e. The minimum Gasteiger partial charge on any atom is -0.484 e. The topological polar surface area (TPSA) is 45.7 Å². The Hall–Kier alpha value is -3.08. The lowest BCUT2D eigenvalue weighted by Gasteiger charge is -2.35. The van der Waals surface area contributed by atoms with E-state index < -0.39 is 0 Å². The number of para-hydroxylation sites is 1. The van der Waals surface area contributed by atoms with Crippen LogP contribution in [-0.2, 0) is 4.79 Å². The van der Waals surface area contributed by atoms with Gasteiger partial charge >= 0.3 is 0 Å². The zero-order valence-corrected chi connectivity index (χ0v) is 17.3. The Bertz CT molecular complexity index is 1020. The fourth-order valence-corrected chi connectivity index (χ4v) is 3.93. The maximum absolute atomic E-state index is 12.6. The molecule has 150 valence electrons. The molecular weight excluding hydrogens is 362 g/mol. The van der Waals surface area contributed by atoms with Crippen molar-refractivity contribution in [2.45, 2.75) is 20.8 Å². The van der Waals surface area contributed by atoms with Crippen molar-refractivity contribution >= 4 is 22.6 Å². The number of nitrogens with zero attached hydrogens (tertiary/aromatic N) is 3. The molecule has 29 heavy (non-hydrogen) atoms. The van der Waals surface area contributed by atoms with Crippen molar-refractivity contribution in [3.8, 4) is 5.75 Å². The summed E-state index contributed by atoms with van der Waals surface area (Å²) in [5.74, 6) is 1.77. The van der Waals surface area contributed by atoms with Crippen molar-refractivity contribution in [3.05, 3.63) is 65.2 Å². The highest BCUT2D eigenvalue weighted by atomic mass is 16.5. The van der Waals surface area contributed by atoms with E-state index in [0.717, 1.165) is 41.3 Å². The number of hydrogen-bond donors (Lipinski definition) is 0. The van der Waals surface area contributed by atoms with Crippen LogP contribution in [0.3, 0.4) is 0 Å². The zero-order chi connectivity index (χ0) is 20.4. The average Bonchev–Trinajstić information content (AvgIpc) is 2.71. The molecule has 0 aliphatic carbocycles. The third-order valence-corrected chi connectivity index (χ3v) is 5.42. The summed E-state index contributed by atoms with van der Waals surface area (Å²) in [6.45, 7) is 9.19. The van der Waals surface area contributed by atoms with Gasteiger partial charge in [-0.25, -0.2) is 4.98 Å². The second-order valence-corrected chi connectivity index (χ2v) is 7.79. The van der Waals surface area contributed by atoms with Crippen LogP contribution in [0.4, 0.5) is 5.82 Å². The van der Waals surface area contributed by atoms with Crippen molar-refractivity contribution < 1.29 is 9.53 Å². The van der Waals surface area contributed by atoms with E-state index in [1.165, 1.54) is 10.9 Å². The monoisotopic (exact) mass is 389 g/mol. The van der Waals surface area contributed by atoms with E-state index in [1.54, 1.807) is 0 Å². The first kappa shape index (κ1) is 19.2. The van der Waals surface area contributed by atoms with E-state index in [4.69, 9.17) is 9.72 Å². The van der Waals surface area contributed by atoms with Gasteiger partial charge in [-0.05, 0) is 61.7 Å². The first-order chi connectivity index (χ1) is 14.0. The number of anilines is 1. The smallest absolute Gasteiger partial charge is 0.260 e. The molecule has 0 saturated carbocycles. The van der Waals surface area contributed by atoms with Crippen molar-refractivity contribution in [3.63, 3.8) is 0 Å². The third kappa shape index (κ3) is 4.34. The molecule has 0 bridgehead atoms. The second-order valence-electron chi connectivity index (χ2n) is 7.79. The molecule has 1 amide bonds. The summed E-state index contributed by atoms with van der Waals surface area (Å²) < 4.78 is 5.74. The number of carbonyl (C=O) groups excluding carboxylic acids is 1. The van der Waals surface area contributed by atoms with Crippen LogP contribution < -0.4 is 9.64 Å². The number of hydrogen-bond acceptors (Lipinski definition) is 4. The van der Waals surface area contributed by atoms with Gasteiger partial charge in [-0.3, -0.25) is 4.79 Å². The van der Waals surface area contributed by atoms with Gasteiger partial charge in [-0.15, -0.1) is 0 Å². The summed E-state index contributed by atoms with van der Waals surface area (Å²) in [7, 11) is 0. The summed E-state index contributed by atoms with van der Waals surface area (Å²) in [6.07, 6.45) is 0. The van der Waals surface area contributed by atoms with Crippen LogP contribution in [0.2, 0.25) is 0 Å². The molecule has 0 atom stereocenters. The van der Waals surface area contributed by atoms with E-state index in [1.807, 2.05) is 43.0 Å². The van der Waals surface area contributed by atoms with Crippen molar-refractivity contribution in [2.24, 2.45) is 0 Å². The Morgan fingerprint density at radius 2 is 1.66 bits per heavy atom. The first-order valence-corrected chi connectivity index (χ1v) is 10.1. The molecule has 1 aliphatic rings. The standard InChI is InChI=1S/C24H27N3O2/c1-17-12-18(2)14-20(13-17)29-16-24(28)27-10-8-26(9-11-27)23-15-19(3)21-6-4-5-7-22(21)25-23/h4-7,12-15H,8-11,16H2,1-3H3. The molecule has 1 saturated heterocycles. The molecule has 5 heteroatoms. The van der Waals surface area contributed by atoms with Gasteiger partial charge in [-0.1, -0.05) is 24.3 Å². The fraction of sp³-hybridized carbons (Fsp3) is 0.333. The van der Waals surface area contributed by atoms with Crippen LogP contribution >= 0.6 is 0 Å². The van der Waals surface area contributed by atoms with Crippen LogP contribution in [0.1, 0.15) is 16.7 Å². The number of fused-ring (bicyclic) bond motifs is 1. The Morgan fingerprint density at radius 1 is 0.966 bits per heavy atom. The summed E-state index contributed by atoms with van der Waals surface area (Å²) >= 11 is 0. The predicted molar refractivity (Wildman–Crippen MR) is 117 cm³/mol. The number of rotatable bonds is 4. The number of aromatic nitrogens is 1. The molecule has 5 nitrogen and oxygen atoms in total. The van der Waals surface area contributed by atoms with E-state index in [9.17, 15) is 4.79 Å². The quantitative estimate of drug-likeness (QED) is 0.679. The van der Waals surface area contributed by atoms with Crippen LogP contribution in [-0.4, -0.2) is 48.6 Å². The summed E-state index contributed by atoms with van der Waals surface area (Å²) in [4.78, 5) is 21.5. The average molecular weight is 389 g/mol. The van der Waals surface area contributed by atoms with E-state index in [2.05, 4.69) is 36.1 Å². The Labute approximate surface area is 171 Å².